The second kappa shape index (κ2) is 9.05. The maximum atomic E-state index is 12.5. The molecule has 1 aromatic heterocycles. The summed E-state index contributed by atoms with van der Waals surface area (Å²) in [6.45, 7) is 6.96. The summed E-state index contributed by atoms with van der Waals surface area (Å²) >= 11 is 0. The predicted molar refractivity (Wildman–Crippen MR) is 88.8 cm³/mol. The van der Waals surface area contributed by atoms with E-state index in [0.29, 0.717) is 0 Å². The summed E-state index contributed by atoms with van der Waals surface area (Å²) in [4.78, 5) is 31.8. The third-order valence-corrected chi connectivity index (χ3v) is 3.40. The third kappa shape index (κ3) is 5.77. The summed E-state index contributed by atoms with van der Waals surface area (Å²) in [6.07, 6.45) is -0.975. The molecule has 9 heteroatoms. The predicted octanol–water partition coefficient (Wildman–Crippen LogP) is 1.12. The van der Waals surface area contributed by atoms with Crippen LogP contribution in [0, 0.1) is 11.8 Å². The lowest BCUT2D eigenvalue weighted by Gasteiger charge is -2.24. The maximum absolute atomic E-state index is 12.5. The largest absolute Gasteiger partial charge is 0.481 e. The number of carbonyl (C=O) groups excluding carboxylic acids is 1. The Bertz CT molecular complexity index is 583. The van der Waals surface area contributed by atoms with Gasteiger partial charge in [-0.3, -0.25) is 4.79 Å². The monoisotopic (exact) mass is 355 g/mol. The average molecular weight is 355 g/mol. The van der Waals surface area contributed by atoms with Gasteiger partial charge in [0.05, 0.1) is 20.3 Å². The molecule has 1 aromatic rings. The number of carboxylic acid groups (broad SMARTS) is 1. The van der Waals surface area contributed by atoms with Gasteiger partial charge in [0.1, 0.15) is 6.04 Å². The number of carbonyl (C=O) groups is 2. The molecule has 1 amide bonds. The molecule has 25 heavy (non-hydrogen) atoms. The van der Waals surface area contributed by atoms with Gasteiger partial charge in [-0.05, 0) is 11.8 Å². The van der Waals surface area contributed by atoms with E-state index in [-0.39, 0.29) is 29.6 Å². The summed E-state index contributed by atoms with van der Waals surface area (Å²) in [6, 6.07) is 0.357. The highest BCUT2D eigenvalue weighted by Crippen LogP contribution is 2.21. The van der Waals surface area contributed by atoms with Crippen LogP contribution >= 0.6 is 0 Å². The number of hydrogen-bond donors (Lipinski definition) is 2. The zero-order chi connectivity index (χ0) is 19.1. The van der Waals surface area contributed by atoms with Crippen molar-refractivity contribution in [3.05, 3.63) is 6.07 Å². The first-order valence-electron chi connectivity index (χ1n) is 7.86. The van der Waals surface area contributed by atoms with Gasteiger partial charge in [-0.15, -0.1) is 0 Å². The minimum absolute atomic E-state index is 0.0959. The minimum Gasteiger partial charge on any atom is -0.481 e. The van der Waals surface area contributed by atoms with Gasteiger partial charge < -0.3 is 24.6 Å². The van der Waals surface area contributed by atoms with Crippen LogP contribution in [0.4, 0.5) is 0 Å². The van der Waals surface area contributed by atoms with Gasteiger partial charge in [0.2, 0.25) is 11.8 Å². The number of rotatable bonds is 9. The lowest BCUT2D eigenvalue weighted by Crippen LogP contribution is -2.51. The Kier molecular flexibility index (Phi) is 7.41. The lowest BCUT2D eigenvalue weighted by molar-refractivity contribution is -0.144. The first-order chi connectivity index (χ1) is 11.7. The molecule has 0 saturated carbocycles. The van der Waals surface area contributed by atoms with Gasteiger partial charge in [-0.2, -0.15) is 9.97 Å². The van der Waals surface area contributed by atoms with Gasteiger partial charge in [-0.1, -0.05) is 27.7 Å². The topological polar surface area (TPSA) is 120 Å². The molecular formula is C16H25N3O6. The van der Waals surface area contributed by atoms with E-state index in [1.807, 2.05) is 0 Å². The molecule has 0 radical (unpaired) electrons. The molecule has 2 atom stereocenters. The van der Waals surface area contributed by atoms with Crippen molar-refractivity contribution in [2.45, 2.75) is 39.8 Å². The molecular weight excluding hydrogens is 330 g/mol. The fourth-order valence-electron chi connectivity index (χ4n) is 2.00. The van der Waals surface area contributed by atoms with E-state index in [1.165, 1.54) is 20.3 Å². The summed E-state index contributed by atoms with van der Waals surface area (Å²) in [7, 11) is 2.86. The van der Waals surface area contributed by atoms with Crippen molar-refractivity contribution in [2.24, 2.45) is 11.8 Å². The summed E-state index contributed by atoms with van der Waals surface area (Å²) < 4.78 is 15.7. The van der Waals surface area contributed by atoms with Crippen LogP contribution in [0.25, 0.3) is 0 Å². The Morgan fingerprint density at radius 3 is 1.92 bits per heavy atom. The third-order valence-electron chi connectivity index (χ3n) is 3.40. The van der Waals surface area contributed by atoms with Crippen LogP contribution in [0.3, 0.4) is 0 Å². The van der Waals surface area contributed by atoms with E-state index in [1.54, 1.807) is 27.7 Å². The van der Waals surface area contributed by atoms with Gasteiger partial charge in [0.25, 0.3) is 5.91 Å². The quantitative estimate of drug-likeness (QED) is 0.676. The molecule has 0 aromatic carbocycles. The standard InChI is InChI=1S/C16H25N3O6/c1-8(2)12(15(21)22)19-14(20)13(9(3)4)25-16-17-10(23-5)7-11(18-16)24-6/h7-9,12-13H,1-6H3,(H,19,20)(H,21,22)/t12-,13?/m0/s1. The van der Waals surface area contributed by atoms with Crippen LogP contribution in [-0.4, -0.2) is 53.3 Å². The van der Waals surface area contributed by atoms with Gasteiger partial charge >= 0.3 is 12.0 Å². The Morgan fingerprint density at radius 2 is 1.56 bits per heavy atom. The number of nitrogens with zero attached hydrogens (tertiary/aromatic N) is 2. The van der Waals surface area contributed by atoms with Crippen LogP contribution < -0.4 is 19.5 Å². The van der Waals surface area contributed by atoms with Crippen molar-refractivity contribution < 1.29 is 28.9 Å². The van der Waals surface area contributed by atoms with Crippen LogP contribution in [0.2, 0.25) is 0 Å². The molecule has 0 fully saturated rings. The van der Waals surface area contributed by atoms with Gasteiger partial charge in [0.15, 0.2) is 6.10 Å². The lowest BCUT2D eigenvalue weighted by atomic mass is 10.0. The fraction of sp³-hybridized carbons (Fsp3) is 0.625. The Labute approximate surface area is 146 Å². The molecule has 1 unspecified atom stereocenters. The number of carboxylic acids is 1. The van der Waals surface area contributed by atoms with Crippen molar-refractivity contribution in [2.75, 3.05) is 14.2 Å². The molecule has 9 nitrogen and oxygen atoms in total. The fourth-order valence-corrected chi connectivity index (χ4v) is 2.00. The minimum atomic E-state index is -1.11. The summed E-state index contributed by atoms with van der Waals surface area (Å²) in [5, 5.41) is 11.7. The van der Waals surface area contributed by atoms with Gasteiger partial charge in [0, 0.05) is 0 Å². The highest BCUT2D eigenvalue weighted by Gasteiger charge is 2.31. The number of aromatic nitrogens is 2. The van der Waals surface area contributed by atoms with Crippen LogP contribution in [0.1, 0.15) is 27.7 Å². The molecule has 1 rings (SSSR count). The second-order valence-corrected chi connectivity index (χ2v) is 6.09. The van der Waals surface area contributed by atoms with E-state index in [0.717, 1.165) is 0 Å². The average Bonchev–Trinajstić information content (AvgIpc) is 2.55. The number of amides is 1. The van der Waals surface area contributed by atoms with Crippen molar-refractivity contribution in [3.8, 4) is 17.8 Å². The first-order valence-corrected chi connectivity index (χ1v) is 7.86. The molecule has 0 saturated heterocycles. The Morgan fingerprint density at radius 1 is 1.04 bits per heavy atom. The van der Waals surface area contributed by atoms with Crippen molar-refractivity contribution in [3.63, 3.8) is 0 Å². The van der Waals surface area contributed by atoms with Gasteiger partial charge in [-0.25, -0.2) is 4.79 Å². The molecule has 0 bridgehead atoms. The number of ether oxygens (including phenoxy) is 3. The number of nitrogens with one attached hydrogen (secondary N) is 1. The number of methoxy groups -OCH3 is 2. The maximum Gasteiger partial charge on any atom is 0.326 e. The molecule has 0 aliphatic carbocycles. The molecule has 0 spiro atoms. The Balaban J connectivity index is 3.01. The highest BCUT2D eigenvalue weighted by atomic mass is 16.5. The molecule has 140 valence electrons. The van der Waals surface area contributed by atoms with Crippen molar-refractivity contribution in [1.29, 1.82) is 0 Å². The second-order valence-electron chi connectivity index (χ2n) is 6.09. The van der Waals surface area contributed by atoms with Crippen molar-refractivity contribution in [1.82, 2.24) is 15.3 Å². The molecule has 1 heterocycles. The zero-order valence-corrected chi connectivity index (χ0v) is 15.3. The van der Waals surface area contributed by atoms with E-state index in [4.69, 9.17) is 14.2 Å². The van der Waals surface area contributed by atoms with Crippen LogP contribution in [-0.2, 0) is 9.59 Å². The van der Waals surface area contributed by atoms with E-state index in [2.05, 4.69) is 15.3 Å². The van der Waals surface area contributed by atoms with E-state index < -0.39 is 24.0 Å². The molecule has 0 aliphatic heterocycles. The first kappa shape index (κ1) is 20.5. The molecule has 2 N–H and O–H groups in total. The number of hydrogen-bond acceptors (Lipinski definition) is 7. The van der Waals surface area contributed by atoms with Crippen molar-refractivity contribution >= 4 is 11.9 Å². The summed E-state index contributed by atoms with van der Waals surface area (Å²) in [5.74, 6) is -1.75. The smallest absolute Gasteiger partial charge is 0.326 e. The number of aliphatic carboxylic acids is 1. The summed E-state index contributed by atoms with van der Waals surface area (Å²) in [5.41, 5.74) is 0. The van der Waals surface area contributed by atoms with E-state index >= 15 is 0 Å². The normalized spacial score (nSPS) is 13.3. The zero-order valence-electron chi connectivity index (χ0n) is 15.3. The highest BCUT2D eigenvalue weighted by molar-refractivity contribution is 5.86. The van der Waals surface area contributed by atoms with Crippen LogP contribution in [0.15, 0.2) is 6.07 Å². The molecule has 0 aliphatic rings. The van der Waals surface area contributed by atoms with E-state index in [9.17, 15) is 14.7 Å². The SMILES string of the molecule is COc1cc(OC)nc(OC(C(=O)N[C@H](C(=O)O)C(C)C)C(C)C)n1. The van der Waals surface area contributed by atoms with Crippen LogP contribution in [0.5, 0.6) is 17.8 Å². The Hall–Kier alpha value is -2.58.